The summed E-state index contributed by atoms with van der Waals surface area (Å²) in [6, 6.07) is 3.20. The number of aromatic nitrogens is 1. The molecule has 1 N–H and O–H groups in total. The van der Waals surface area contributed by atoms with E-state index in [1.54, 1.807) is 11.0 Å². The molecule has 1 aromatic rings. The summed E-state index contributed by atoms with van der Waals surface area (Å²) in [6.07, 6.45) is 4.36. The molecule has 2 rings (SSSR count). The van der Waals surface area contributed by atoms with Gasteiger partial charge in [0.15, 0.2) is 14.9 Å². The quantitative estimate of drug-likeness (QED) is 0.877. The van der Waals surface area contributed by atoms with E-state index in [2.05, 4.69) is 10.3 Å². The van der Waals surface area contributed by atoms with Gasteiger partial charge in [-0.1, -0.05) is 0 Å². The Morgan fingerprint density at radius 2 is 2.12 bits per heavy atom. The molecular weight excluding hydrogens is 342 g/mol. The van der Waals surface area contributed by atoms with Gasteiger partial charge in [0.05, 0.1) is 11.9 Å². The van der Waals surface area contributed by atoms with E-state index in [4.69, 9.17) is 4.74 Å². The standard InChI is InChI=1S/C17H27N3O4S/c1-17(2,3)24-16(21)20-9-5-6-13(12-20)10-18-14-7-8-15(19-11-14)25(4,22)23/h7-8,11,13,18H,5-6,9-10,12H2,1-4H3. The van der Waals surface area contributed by atoms with Crippen LogP contribution in [0.5, 0.6) is 0 Å². The Hall–Kier alpha value is -1.83. The number of anilines is 1. The maximum absolute atomic E-state index is 12.2. The Morgan fingerprint density at radius 3 is 2.68 bits per heavy atom. The van der Waals surface area contributed by atoms with Crippen LogP contribution in [0.25, 0.3) is 0 Å². The number of hydrogen-bond acceptors (Lipinski definition) is 6. The minimum atomic E-state index is -3.28. The first-order valence-electron chi connectivity index (χ1n) is 8.42. The van der Waals surface area contributed by atoms with E-state index >= 15 is 0 Å². The van der Waals surface area contributed by atoms with Crippen LogP contribution in [0.2, 0.25) is 0 Å². The number of likely N-dealkylation sites (tertiary alicyclic amines) is 1. The molecule has 1 aliphatic rings. The van der Waals surface area contributed by atoms with Crippen molar-refractivity contribution in [3.05, 3.63) is 18.3 Å². The molecule has 7 nitrogen and oxygen atoms in total. The second-order valence-corrected chi connectivity index (χ2v) is 9.44. The molecule has 1 saturated heterocycles. The first-order valence-corrected chi connectivity index (χ1v) is 10.3. The number of nitrogens with zero attached hydrogens (tertiary/aromatic N) is 2. The molecule has 1 amide bonds. The highest BCUT2D eigenvalue weighted by Gasteiger charge is 2.27. The number of ether oxygens (including phenoxy) is 1. The maximum atomic E-state index is 12.2. The number of carbonyl (C=O) groups excluding carboxylic acids is 1. The number of hydrogen-bond donors (Lipinski definition) is 1. The summed E-state index contributed by atoms with van der Waals surface area (Å²) in [7, 11) is -3.28. The molecule has 0 bridgehead atoms. The predicted octanol–water partition coefficient (Wildman–Crippen LogP) is 2.54. The summed E-state index contributed by atoms with van der Waals surface area (Å²) < 4.78 is 28.3. The van der Waals surface area contributed by atoms with Gasteiger partial charge >= 0.3 is 6.09 Å². The summed E-state index contributed by atoms with van der Waals surface area (Å²) in [5.74, 6) is 0.316. The van der Waals surface area contributed by atoms with Gasteiger partial charge in [-0.15, -0.1) is 0 Å². The largest absolute Gasteiger partial charge is 0.444 e. The minimum Gasteiger partial charge on any atom is -0.444 e. The highest BCUT2D eigenvalue weighted by Crippen LogP contribution is 2.20. The molecule has 1 aliphatic heterocycles. The second kappa shape index (κ2) is 7.59. The first-order chi connectivity index (χ1) is 11.5. The van der Waals surface area contributed by atoms with Crippen LogP contribution < -0.4 is 5.32 Å². The summed E-state index contributed by atoms with van der Waals surface area (Å²) in [5.41, 5.74) is 0.275. The summed E-state index contributed by atoms with van der Waals surface area (Å²) >= 11 is 0. The molecule has 0 saturated carbocycles. The van der Waals surface area contributed by atoms with Gasteiger partial charge in [0.1, 0.15) is 5.60 Å². The van der Waals surface area contributed by atoms with E-state index in [1.807, 2.05) is 20.8 Å². The number of nitrogens with one attached hydrogen (secondary N) is 1. The molecule has 1 aromatic heterocycles. The minimum absolute atomic E-state index is 0.0619. The molecule has 0 spiro atoms. The Bertz CT molecular complexity index is 696. The monoisotopic (exact) mass is 369 g/mol. The van der Waals surface area contributed by atoms with Crippen molar-refractivity contribution < 1.29 is 17.9 Å². The number of carbonyl (C=O) groups is 1. The molecule has 1 fully saturated rings. The Kier molecular flexibility index (Phi) is 5.92. The normalized spacial score (nSPS) is 18.7. The van der Waals surface area contributed by atoms with E-state index in [9.17, 15) is 13.2 Å². The molecule has 0 radical (unpaired) electrons. The zero-order chi connectivity index (χ0) is 18.7. The van der Waals surface area contributed by atoms with Crippen LogP contribution in [-0.4, -0.2) is 55.9 Å². The molecule has 2 heterocycles. The van der Waals surface area contributed by atoms with Gasteiger partial charge in [0.2, 0.25) is 0 Å². The fourth-order valence-corrected chi connectivity index (χ4v) is 3.25. The van der Waals surface area contributed by atoms with E-state index in [0.717, 1.165) is 31.3 Å². The average molecular weight is 369 g/mol. The second-order valence-electron chi connectivity index (χ2n) is 7.47. The van der Waals surface area contributed by atoms with Crippen molar-refractivity contribution in [3.8, 4) is 0 Å². The fourth-order valence-electron chi connectivity index (χ4n) is 2.69. The number of sulfone groups is 1. The van der Waals surface area contributed by atoms with Gasteiger partial charge in [-0.25, -0.2) is 18.2 Å². The third-order valence-corrected chi connectivity index (χ3v) is 4.88. The van der Waals surface area contributed by atoms with Gasteiger partial charge in [-0.2, -0.15) is 0 Å². The SMILES string of the molecule is CC(C)(C)OC(=O)N1CCCC(CNc2ccc(S(C)(=O)=O)nc2)C1. The summed E-state index contributed by atoms with van der Waals surface area (Å²) in [4.78, 5) is 17.9. The average Bonchev–Trinajstić information content (AvgIpc) is 2.51. The molecule has 25 heavy (non-hydrogen) atoms. The van der Waals surface area contributed by atoms with Crippen molar-refractivity contribution in [2.75, 3.05) is 31.2 Å². The van der Waals surface area contributed by atoms with E-state index in [0.29, 0.717) is 19.0 Å². The molecule has 0 aromatic carbocycles. The third kappa shape index (κ3) is 6.19. The van der Waals surface area contributed by atoms with Crippen LogP contribution in [-0.2, 0) is 14.6 Å². The maximum Gasteiger partial charge on any atom is 0.410 e. The van der Waals surface area contributed by atoms with Crippen LogP contribution in [0.4, 0.5) is 10.5 Å². The van der Waals surface area contributed by atoms with Crippen LogP contribution >= 0.6 is 0 Å². The lowest BCUT2D eigenvalue weighted by Crippen LogP contribution is -2.44. The van der Waals surface area contributed by atoms with Gasteiger partial charge in [0.25, 0.3) is 0 Å². The van der Waals surface area contributed by atoms with Crippen molar-refractivity contribution in [2.45, 2.75) is 44.2 Å². The zero-order valence-electron chi connectivity index (χ0n) is 15.3. The lowest BCUT2D eigenvalue weighted by Gasteiger charge is -2.34. The lowest BCUT2D eigenvalue weighted by atomic mass is 9.98. The number of amides is 1. The number of rotatable bonds is 4. The van der Waals surface area contributed by atoms with Gasteiger partial charge < -0.3 is 15.0 Å². The van der Waals surface area contributed by atoms with Crippen molar-refractivity contribution in [1.29, 1.82) is 0 Å². The Balaban J connectivity index is 1.87. The molecule has 1 atom stereocenters. The number of pyridine rings is 1. The van der Waals surface area contributed by atoms with Crippen molar-refractivity contribution in [2.24, 2.45) is 5.92 Å². The van der Waals surface area contributed by atoms with Crippen LogP contribution in [0.15, 0.2) is 23.4 Å². The Morgan fingerprint density at radius 1 is 1.40 bits per heavy atom. The van der Waals surface area contributed by atoms with Crippen molar-refractivity contribution in [1.82, 2.24) is 9.88 Å². The highest BCUT2D eigenvalue weighted by molar-refractivity contribution is 7.90. The topological polar surface area (TPSA) is 88.6 Å². The first kappa shape index (κ1) is 19.5. The van der Waals surface area contributed by atoms with Crippen LogP contribution in [0, 0.1) is 5.92 Å². The van der Waals surface area contributed by atoms with Gasteiger partial charge in [-0.3, -0.25) is 0 Å². The highest BCUT2D eigenvalue weighted by atomic mass is 32.2. The lowest BCUT2D eigenvalue weighted by molar-refractivity contribution is 0.0172. The van der Waals surface area contributed by atoms with Crippen molar-refractivity contribution in [3.63, 3.8) is 0 Å². The van der Waals surface area contributed by atoms with Crippen molar-refractivity contribution >= 4 is 21.6 Å². The number of piperidine rings is 1. The van der Waals surface area contributed by atoms with Crippen LogP contribution in [0.1, 0.15) is 33.6 Å². The van der Waals surface area contributed by atoms with E-state index in [-0.39, 0.29) is 11.1 Å². The smallest absolute Gasteiger partial charge is 0.410 e. The zero-order valence-corrected chi connectivity index (χ0v) is 16.1. The third-order valence-electron chi connectivity index (χ3n) is 3.88. The predicted molar refractivity (Wildman–Crippen MR) is 96.4 cm³/mol. The summed E-state index contributed by atoms with van der Waals surface area (Å²) in [5, 5.41) is 3.33. The molecule has 1 unspecified atom stereocenters. The van der Waals surface area contributed by atoms with Gasteiger partial charge in [-0.05, 0) is 51.7 Å². The molecule has 8 heteroatoms. The molecule has 0 aliphatic carbocycles. The van der Waals surface area contributed by atoms with Crippen LogP contribution in [0.3, 0.4) is 0 Å². The van der Waals surface area contributed by atoms with Gasteiger partial charge in [0, 0.05) is 25.9 Å². The van der Waals surface area contributed by atoms with E-state index in [1.165, 1.54) is 12.3 Å². The Labute approximate surface area is 149 Å². The molecular formula is C17H27N3O4S. The fraction of sp³-hybridized carbons (Fsp3) is 0.647. The molecule has 140 valence electrons. The van der Waals surface area contributed by atoms with E-state index < -0.39 is 15.4 Å². The summed E-state index contributed by atoms with van der Waals surface area (Å²) in [6.45, 7) is 7.65.